The van der Waals surface area contributed by atoms with E-state index in [9.17, 15) is 5.11 Å². The van der Waals surface area contributed by atoms with Gasteiger partial charge in [-0.15, -0.1) is 0 Å². The van der Waals surface area contributed by atoms with E-state index in [0.717, 1.165) is 17.7 Å². The zero-order chi connectivity index (χ0) is 14.7. The molecule has 0 saturated carbocycles. The van der Waals surface area contributed by atoms with Gasteiger partial charge in [-0.25, -0.2) is 0 Å². The Morgan fingerprint density at radius 3 is 1.85 bits per heavy atom. The third-order valence-corrected chi connectivity index (χ3v) is 3.43. The summed E-state index contributed by atoms with van der Waals surface area (Å²) in [5, 5.41) is 10.1. The van der Waals surface area contributed by atoms with Gasteiger partial charge >= 0.3 is 0 Å². The van der Waals surface area contributed by atoms with E-state index < -0.39 is 0 Å². The SMILES string of the molecule is CN(C)c1ccc(Cc2ccc(N(C)C)cc2O)cc1. The summed E-state index contributed by atoms with van der Waals surface area (Å²) in [7, 11) is 7.99. The van der Waals surface area contributed by atoms with Crippen LogP contribution in [0.4, 0.5) is 11.4 Å². The van der Waals surface area contributed by atoms with Crippen molar-refractivity contribution >= 4 is 11.4 Å². The van der Waals surface area contributed by atoms with Crippen LogP contribution in [0.3, 0.4) is 0 Å². The van der Waals surface area contributed by atoms with Gasteiger partial charge in [0.05, 0.1) is 0 Å². The van der Waals surface area contributed by atoms with Crippen LogP contribution in [0.1, 0.15) is 11.1 Å². The minimum Gasteiger partial charge on any atom is -0.508 e. The molecule has 0 aliphatic carbocycles. The summed E-state index contributed by atoms with van der Waals surface area (Å²) in [6, 6.07) is 14.2. The minimum atomic E-state index is 0.355. The third kappa shape index (κ3) is 3.23. The van der Waals surface area contributed by atoms with Crippen molar-refractivity contribution < 1.29 is 5.11 Å². The molecule has 3 heteroatoms. The molecule has 0 heterocycles. The van der Waals surface area contributed by atoms with Gasteiger partial charge in [-0.05, 0) is 29.3 Å². The fraction of sp³-hybridized carbons (Fsp3) is 0.294. The monoisotopic (exact) mass is 270 g/mol. The fourth-order valence-corrected chi connectivity index (χ4v) is 2.11. The number of rotatable bonds is 4. The number of nitrogens with zero attached hydrogens (tertiary/aromatic N) is 2. The Labute approximate surface area is 121 Å². The molecule has 106 valence electrons. The Bertz CT molecular complexity index is 574. The zero-order valence-corrected chi connectivity index (χ0v) is 12.6. The second-order valence-electron chi connectivity index (χ2n) is 5.45. The molecule has 0 fully saturated rings. The molecule has 2 rings (SSSR count). The Balaban J connectivity index is 2.17. The number of phenols is 1. The molecule has 0 radical (unpaired) electrons. The maximum atomic E-state index is 10.1. The average molecular weight is 270 g/mol. The van der Waals surface area contributed by atoms with Crippen LogP contribution in [0.25, 0.3) is 0 Å². The van der Waals surface area contributed by atoms with E-state index in [2.05, 4.69) is 29.2 Å². The molecule has 1 N–H and O–H groups in total. The summed E-state index contributed by atoms with van der Waals surface area (Å²) >= 11 is 0. The van der Waals surface area contributed by atoms with Gasteiger partial charge < -0.3 is 14.9 Å². The van der Waals surface area contributed by atoms with Crippen molar-refractivity contribution in [2.24, 2.45) is 0 Å². The Kier molecular flexibility index (Phi) is 4.18. The highest BCUT2D eigenvalue weighted by Gasteiger charge is 2.05. The normalized spacial score (nSPS) is 10.4. The van der Waals surface area contributed by atoms with Gasteiger partial charge in [0.15, 0.2) is 0 Å². The van der Waals surface area contributed by atoms with Crippen molar-refractivity contribution in [3.8, 4) is 5.75 Å². The minimum absolute atomic E-state index is 0.355. The van der Waals surface area contributed by atoms with Crippen molar-refractivity contribution in [1.82, 2.24) is 0 Å². The first-order chi connectivity index (χ1) is 9.47. The van der Waals surface area contributed by atoms with E-state index in [1.54, 1.807) is 0 Å². The zero-order valence-electron chi connectivity index (χ0n) is 12.6. The summed E-state index contributed by atoms with van der Waals surface area (Å²) in [4.78, 5) is 4.06. The Hall–Kier alpha value is -2.16. The van der Waals surface area contributed by atoms with E-state index in [-0.39, 0.29) is 0 Å². The van der Waals surface area contributed by atoms with Crippen molar-refractivity contribution in [2.75, 3.05) is 38.0 Å². The third-order valence-electron chi connectivity index (χ3n) is 3.43. The summed E-state index contributed by atoms with van der Waals surface area (Å²) in [5.74, 6) is 0.355. The van der Waals surface area contributed by atoms with E-state index in [1.807, 2.05) is 51.3 Å². The number of anilines is 2. The number of benzene rings is 2. The maximum absolute atomic E-state index is 10.1. The van der Waals surface area contributed by atoms with E-state index >= 15 is 0 Å². The predicted molar refractivity (Wildman–Crippen MR) is 86.0 cm³/mol. The molecule has 0 atom stereocenters. The van der Waals surface area contributed by atoms with Crippen LogP contribution in [0.2, 0.25) is 0 Å². The summed E-state index contributed by atoms with van der Waals surface area (Å²) in [6.45, 7) is 0. The van der Waals surface area contributed by atoms with Crippen LogP contribution >= 0.6 is 0 Å². The van der Waals surface area contributed by atoms with Gasteiger partial charge in [0, 0.05) is 52.1 Å². The molecule has 2 aromatic rings. The van der Waals surface area contributed by atoms with E-state index in [1.165, 1.54) is 11.3 Å². The molecule has 0 bridgehead atoms. The fourth-order valence-electron chi connectivity index (χ4n) is 2.11. The average Bonchev–Trinajstić information content (AvgIpc) is 2.41. The standard InChI is InChI=1S/C17H22N2O/c1-18(2)15-8-5-13(6-9-15)11-14-7-10-16(19(3)4)12-17(14)20/h5-10,12,20H,11H2,1-4H3. The lowest BCUT2D eigenvalue weighted by atomic mass is 10.0. The summed E-state index contributed by atoms with van der Waals surface area (Å²) in [6.07, 6.45) is 0.743. The molecule has 0 aliphatic rings. The van der Waals surface area contributed by atoms with Crippen molar-refractivity contribution in [3.05, 3.63) is 53.6 Å². The van der Waals surface area contributed by atoms with Gasteiger partial charge in [-0.1, -0.05) is 18.2 Å². The number of phenolic OH excluding ortho intramolecular Hbond substituents is 1. The highest BCUT2D eigenvalue weighted by atomic mass is 16.3. The smallest absolute Gasteiger partial charge is 0.121 e. The first-order valence-corrected chi connectivity index (χ1v) is 6.73. The van der Waals surface area contributed by atoms with Crippen LogP contribution < -0.4 is 9.80 Å². The van der Waals surface area contributed by atoms with Crippen LogP contribution in [-0.4, -0.2) is 33.3 Å². The molecule has 0 amide bonds. The molecular weight excluding hydrogens is 248 g/mol. The first kappa shape index (κ1) is 14.3. The highest BCUT2D eigenvalue weighted by molar-refractivity contribution is 5.54. The van der Waals surface area contributed by atoms with E-state index in [4.69, 9.17) is 0 Å². The molecule has 20 heavy (non-hydrogen) atoms. The van der Waals surface area contributed by atoms with Crippen LogP contribution in [-0.2, 0) is 6.42 Å². The lowest BCUT2D eigenvalue weighted by Gasteiger charge is -2.15. The summed E-state index contributed by atoms with van der Waals surface area (Å²) < 4.78 is 0. The van der Waals surface area contributed by atoms with Gasteiger partial charge in [0.2, 0.25) is 0 Å². The molecule has 2 aromatic carbocycles. The second kappa shape index (κ2) is 5.87. The van der Waals surface area contributed by atoms with Crippen molar-refractivity contribution in [1.29, 1.82) is 0 Å². The Morgan fingerprint density at radius 2 is 1.35 bits per heavy atom. The van der Waals surface area contributed by atoms with Gasteiger partial charge in [-0.2, -0.15) is 0 Å². The molecule has 0 saturated heterocycles. The van der Waals surface area contributed by atoms with Gasteiger partial charge in [-0.3, -0.25) is 0 Å². The number of hydrogen-bond donors (Lipinski definition) is 1. The molecule has 0 unspecified atom stereocenters. The van der Waals surface area contributed by atoms with Crippen LogP contribution in [0, 0.1) is 0 Å². The first-order valence-electron chi connectivity index (χ1n) is 6.73. The molecule has 0 aliphatic heterocycles. The largest absolute Gasteiger partial charge is 0.508 e. The number of hydrogen-bond acceptors (Lipinski definition) is 3. The Morgan fingerprint density at radius 1 is 0.800 bits per heavy atom. The lowest BCUT2D eigenvalue weighted by molar-refractivity contribution is 0.469. The van der Waals surface area contributed by atoms with Crippen LogP contribution in [0.15, 0.2) is 42.5 Å². The van der Waals surface area contributed by atoms with Gasteiger partial charge in [0.25, 0.3) is 0 Å². The molecular formula is C17H22N2O. The summed E-state index contributed by atoms with van der Waals surface area (Å²) in [5.41, 5.74) is 4.34. The molecule has 0 aromatic heterocycles. The highest BCUT2D eigenvalue weighted by Crippen LogP contribution is 2.26. The van der Waals surface area contributed by atoms with Crippen molar-refractivity contribution in [3.63, 3.8) is 0 Å². The van der Waals surface area contributed by atoms with Crippen LogP contribution in [0.5, 0.6) is 5.75 Å². The van der Waals surface area contributed by atoms with Gasteiger partial charge in [0.1, 0.15) is 5.75 Å². The second-order valence-corrected chi connectivity index (χ2v) is 5.45. The topological polar surface area (TPSA) is 26.7 Å². The molecule has 3 nitrogen and oxygen atoms in total. The quantitative estimate of drug-likeness (QED) is 0.924. The lowest BCUT2D eigenvalue weighted by Crippen LogP contribution is -2.08. The molecule has 0 spiro atoms. The maximum Gasteiger partial charge on any atom is 0.121 e. The van der Waals surface area contributed by atoms with Crippen molar-refractivity contribution in [2.45, 2.75) is 6.42 Å². The van der Waals surface area contributed by atoms with E-state index in [0.29, 0.717) is 5.75 Å². The predicted octanol–water partition coefficient (Wildman–Crippen LogP) is 3.12. The number of aromatic hydroxyl groups is 1.